The van der Waals surface area contributed by atoms with E-state index in [1.807, 2.05) is 24.3 Å². The van der Waals surface area contributed by atoms with E-state index in [-0.39, 0.29) is 30.6 Å². The van der Waals surface area contributed by atoms with Crippen LogP contribution >= 0.6 is 0 Å². The molecule has 1 aliphatic carbocycles. The number of fused-ring (bicyclic) bond motifs is 1. The summed E-state index contributed by atoms with van der Waals surface area (Å²) >= 11 is 0. The van der Waals surface area contributed by atoms with Gasteiger partial charge in [-0.1, -0.05) is 18.6 Å². The van der Waals surface area contributed by atoms with Crippen molar-refractivity contribution in [2.45, 2.75) is 63.8 Å². The van der Waals surface area contributed by atoms with Crippen molar-refractivity contribution in [3.05, 3.63) is 59.0 Å². The highest BCUT2D eigenvalue weighted by Gasteiger charge is 2.25. The number of likely N-dealkylation sites (tertiary alicyclic amines) is 1. The summed E-state index contributed by atoms with van der Waals surface area (Å²) in [5.74, 6) is 0.870. The average molecular weight is 409 g/mol. The number of piperidine rings is 1. The van der Waals surface area contributed by atoms with Crippen molar-refractivity contribution in [1.29, 1.82) is 0 Å². The zero-order valence-corrected chi connectivity index (χ0v) is 17.7. The van der Waals surface area contributed by atoms with Gasteiger partial charge in [0.2, 0.25) is 5.91 Å². The van der Waals surface area contributed by atoms with Crippen LogP contribution in [-0.2, 0) is 17.6 Å². The molecule has 1 fully saturated rings. The summed E-state index contributed by atoms with van der Waals surface area (Å²) in [6, 6.07) is 9.98. The number of Topliss-reactive ketones (excluding diaryl/α,β-unsaturated/α-hetero) is 1. The van der Waals surface area contributed by atoms with E-state index in [2.05, 4.69) is 16.3 Å². The lowest BCUT2D eigenvalue weighted by molar-refractivity contribution is -0.121. The first-order valence-corrected chi connectivity index (χ1v) is 11.4. The first-order valence-electron chi connectivity index (χ1n) is 11.4. The van der Waals surface area contributed by atoms with Crippen molar-refractivity contribution < 1.29 is 14.0 Å². The highest BCUT2D eigenvalue weighted by Crippen LogP contribution is 2.25. The lowest BCUT2D eigenvalue weighted by Gasteiger charge is -2.33. The summed E-state index contributed by atoms with van der Waals surface area (Å²) in [6.07, 6.45) is 10.4. The Morgan fingerprint density at radius 1 is 0.967 bits per heavy atom. The van der Waals surface area contributed by atoms with Crippen LogP contribution < -0.4 is 5.32 Å². The van der Waals surface area contributed by atoms with Crippen molar-refractivity contribution in [3.8, 4) is 0 Å². The van der Waals surface area contributed by atoms with Crippen molar-refractivity contribution in [2.75, 3.05) is 19.6 Å². The molecule has 0 bridgehead atoms. The Kier molecular flexibility index (Phi) is 7.00. The van der Waals surface area contributed by atoms with E-state index in [4.69, 9.17) is 4.42 Å². The summed E-state index contributed by atoms with van der Waals surface area (Å²) in [4.78, 5) is 27.4. The van der Waals surface area contributed by atoms with Crippen LogP contribution in [0.2, 0.25) is 0 Å². The first kappa shape index (κ1) is 20.9. The number of hydrogen-bond donors (Lipinski definition) is 1. The maximum atomic E-state index is 12.6. The van der Waals surface area contributed by atoms with E-state index in [1.54, 1.807) is 6.26 Å². The van der Waals surface area contributed by atoms with Gasteiger partial charge in [0.15, 0.2) is 5.78 Å². The topological polar surface area (TPSA) is 62.6 Å². The molecule has 2 heterocycles. The predicted molar refractivity (Wildman–Crippen MR) is 117 cm³/mol. The SMILES string of the molecule is O=C(CCC(=O)c1ccc2c(c1)CCCC2)NCC(c1ccco1)N1CCCCC1. The Labute approximate surface area is 178 Å². The van der Waals surface area contributed by atoms with Crippen LogP contribution in [0.3, 0.4) is 0 Å². The number of rotatable bonds is 8. The molecule has 30 heavy (non-hydrogen) atoms. The number of amides is 1. The predicted octanol–water partition coefficient (Wildman–Crippen LogP) is 4.46. The zero-order valence-electron chi connectivity index (χ0n) is 17.7. The van der Waals surface area contributed by atoms with Gasteiger partial charge in [0.1, 0.15) is 5.76 Å². The van der Waals surface area contributed by atoms with Gasteiger partial charge in [-0.05, 0) is 80.9 Å². The molecule has 1 aromatic heterocycles. The normalized spacial score (nSPS) is 17.9. The van der Waals surface area contributed by atoms with Crippen LogP contribution in [0, 0.1) is 0 Å². The van der Waals surface area contributed by atoms with Gasteiger partial charge < -0.3 is 9.73 Å². The quantitative estimate of drug-likeness (QED) is 0.655. The third-order valence-electron chi connectivity index (χ3n) is 6.45. The zero-order chi connectivity index (χ0) is 20.8. The second kappa shape index (κ2) is 10.1. The van der Waals surface area contributed by atoms with Crippen molar-refractivity contribution in [2.24, 2.45) is 0 Å². The smallest absolute Gasteiger partial charge is 0.220 e. The molecular formula is C25H32N2O3. The number of nitrogens with zero attached hydrogens (tertiary/aromatic N) is 1. The third-order valence-corrected chi connectivity index (χ3v) is 6.45. The number of aryl methyl sites for hydroxylation is 2. The van der Waals surface area contributed by atoms with E-state index in [0.29, 0.717) is 6.54 Å². The average Bonchev–Trinajstić information content (AvgIpc) is 3.32. The van der Waals surface area contributed by atoms with Gasteiger partial charge in [0, 0.05) is 24.9 Å². The minimum Gasteiger partial charge on any atom is -0.468 e. The van der Waals surface area contributed by atoms with Crippen LogP contribution in [-0.4, -0.2) is 36.2 Å². The third kappa shape index (κ3) is 5.20. The molecule has 1 saturated heterocycles. The van der Waals surface area contributed by atoms with E-state index in [1.165, 1.54) is 43.2 Å². The fourth-order valence-electron chi connectivity index (χ4n) is 4.70. The fourth-order valence-corrected chi connectivity index (χ4v) is 4.70. The standard InChI is InChI=1S/C25H32N2O3/c28-23(21-11-10-19-7-2-3-8-20(19)17-21)12-13-25(29)26-18-22(24-9-6-16-30-24)27-14-4-1-5-15-27/h6,9-11,16-17,22H,1-5,7-8,12-15,18H2,(H,26,29). The summed E-state index contributed by atoms with van der Waals surface area (Å²) in [5.41, 5.74) is 3.42. The molecule has 2 aromatic rings. The van der Waals surface area contributed by atoms with Gasteiger partial charge >= 0.3 is 0 Å². The highest BCUT2D eigenvalue weighted by atomic mass is 16.3. The number of carbonyl (C=O) groups excluding carboxylic acids is 2. The second-order valence-electron chi connectivity index (χ2n) is 8.55. The molecule has 4 rings (SSSR count). The molecule has 1 atom stereocenters. The van der Waals surface area contributed by atoms with Crippen molar-refractivity contribution in [3.63, 3.8) is 0 Å². The van der Waals surface area contributed by atoms with E-state index >= 15 is 0 Å². The molecular weight excluding hydrogens is 376 g/mol. The Balaban J connectivity index is 1.29. The monoisotopic (exact) mass is 408 g/mol. The fraction of sp³-hybridized carbons (Fsp3) is 0.520. The van der Waals surface area contributed by atoms with Gasteiger partial charge in [-0.3, -0.25) is 14.5 Å². The van der Waals surface area contributed by atoms with Crippen molar-refractivity contribution >= 4 is 11.7 Å². The van der Waals surface area contributed by atoms with E-state index < -0.39 is 0 Å². The summed E-state index contributed by atoms with van der Waals surface area (Å²) in [6.45, 7) is 2.56. The molecule has 0 radical (unpaired) electrons. The maximum absolute atomic E-state index is 12.6. The van der Waals surface area contributed by atoms with Gasteiger partial charge in [-0.2, -0.15) is 0 Å². The van der Waals surface area contributed by atoms with E-state index in [9.17, 15) is 9.59 Å². The number of benzene rings is 1. The highest BCUT2D eigenvalue weighted by molar-refractivity contribution is 5.98. The van der Waals surface area contributed by atoms with Crippen LogP contribution in [0.5, 0.6) is 0 Å². The Morgan fingerprint density at radius 3 is 2.53 bits per heavy atom. The minimum absolute atomic E-state index is 0.0529. The summed E-state index contributed by atoms with van der Waals surface area (Å²) in [7, 11) is 0. The van der Waals surface area contributed by atoms with Crippen LogP contribution in [0.25, 0.3) is 0 Å². The second-order valence-corrected chi connectivity index (χ2v) is 8.55. The minimum atomic E-state index is -0.0742. The summed E-state index contributed by atoms with van der Waals surface area (Å²) < 4.78 is 5.64. The molecule has 5 heteroatoms. The first-order chi connectivity index (χ1) is 14.7. The van der Waals surface area contributed by atoms with Crippen molar-refractivity contribution in [1.82, 2.24) is 10.2 Å². The Bertz CT molecular complexity index is 853. The number of carbonyl (C=O) groups is 2. The number of hydrogen-bond acceptors (Lipinski definition) is 4. The van der Waals surface area contributed by atoms with Crippen LogP contribution in [0.4, 0.5) is 0 Å². The van der Waals surface area contributed by atoms with Gasteiger partial charge in [-0.25, -0.2) is 0 Å². The largest absolute Gasteiger partial charge is 0.468 e. The molecule has 0 saturated carbocycles. The molecule has 5 nitrogen and oxygen atoms in total. The summed E-state index contributed by atoms with van der Waals surface area (Å²) in [5, 5.41) is 3.03. The molecule has 1 N–H and O–H groups in total. The Morgan fingerprint density at radius 2 is 1.77 bits per heavy atom. The molecule has 1 aliphatic heterocycles. The molecule has 160 valence electrons. The van der Waals surface area contributed by atoms with E-state index in [0.717, 1.165) is 37.3 Å². The molecule has 0 spiro atoms. The lowest BCUT2D eigenvalue weighted by atomic mass is 9.89. The Hall–Kier alpha value is -2.40. The lowest BCUT2D eigenvalue weighted by Crippen LogP contribution is -2.40. The number of ketones is 1. The van der Waals surface area contributed by atoms with Crippen LogP contribution in [0.15, 0.2) is 41.0 Å². The maximum Gasteiger partial charge on any atom is 0.220 e. The molecule has 2 aliphatic rings. The van der Waals surface area contributed by atoms with Crippen LogP contribution in [0.1, 0.15) is 78.2 Å². The number of nitrogens with one attached hydrogen (secondary N) is 1. The van der Waals surface area contributed by atoms with Gasteiger partial charge in [-0.15, -0.1) is 0 Å². The van der Waals surface area contributed by atoms with Gasteiger partial charge in [0.25, 0.3) is 0 Å². The van der Waals surface area contributed by atoms with Gasteiger partial charge in [0.05, 0.1) is 12.3 Å². The molecule has 1 amide bonds. The number of furan rings is 1. The molecule has 1 aromatic carbocycles. The molecule has 1 unspecified atom stereocenters.